The number of rotatable bonds is 8. The summed E-state index contributed by atoms with van der Waals surface area (Å²) in [5, 5.41) is 2.80. The van der Waals surface area contributed by atoms with Gasteiger partial charge in [-0.15, -0.1) is 0 Å². The summed E-state index contributed by atoms with van der Waals surface area (Å²) >= 11 is 0. The first-order chi connectivity index (χ1) is 14.6. The maximum absolute atomic E-state index is 12.9. The molecule has 0 spiro atoms. The predicted molar refractivity (Wildman–Crippen MR) is 120 cm³/mol. The van der Waals surface area contributed by atoms with E-state index in [9.17, 15) is 13.2 Å². The Balaban J connectivity index is 1.74. The van der Waals surface area contributed by atoms with Gasteiger partial charge in [-0.2, -0.15) is 4.72 Å². The van der Waals surface area contributed by atoms with Crippen LogP contribution in [0.4, 0.5) is 5.69 Å². The van der Waals surface area contributed by atoms with E-state index in [1.165, 1.54) is 12.1 Å². The Kier molecular flexibility index (Phi) is 6.92. The smallest absolute Gasteiger partial charge is 0.242 e. The molecule has 2 aromatic carbocycles. The highest BCUT2D eigenvalue weighted by molar-refractivity contribution is 7.89. The number of hydrogen-bond donors (Lipinski definition) is 2. The largest absolute Gasteiger partial charge is 0.441 e. The number of anilines is 1. The minimum atomic E-state index is -3.83. The minimum Gasteiger partial charge on any atom is -0.441 e. The molecule has 1 atom stereocenters. The molecule has 0 saturated heterocycles. The minimum absolute atomic E-state index is 0.119. The summed E-state index contributed by atoms with van der Waals surface area (Å²) in [7, 11) is -3.83. The zero-order valence-corrected chi connectivity index (χ0v) is 18.9. The molecule has 3 rings (SSSR count). The maximum Gasteiger partial charge on any atom is 0.242 e. The third-order valence-electron chi connectivity index (χ3n) is 4.71. The summed E-state index contributed by atoms with van der Waals surface area (Å²) in [4.78, 5) is 17.1. The Hall–Kier alpha value is -2.97. The van der Waals surface area contributed by atoms with Crippen LogP contribution in [0, 0.1) is 19.8 Å². The van der Waals surface area contributed by atoms with Crippen LogP contribution in [0.2, 0.25) is 0 Å². The lowest BCUT2D eigenvalue weighted by Crippen LogP contribution is -2.44. The fourth-order valence-corrected chi connectivity index (χ4v) is 4.30. The van der Waals surface area contributed by atoms with Gasteiger partial charge in [-0.05, 0) is 55.7 Å². The van der Waals surface area contributed by atoms with Crippen LogP contribution in [0.25, 0.3) is 11.3 Å². The SMILES string of the molecule is Cc1ccc(S(=O)(=O)NC(CC(C)C)C(=O)Nc2ccc(-c3cnc(C)o3)cc2)cc1. The number of aromatic nitrogens is 1. The van der Waals surface area contributed by atoms with E-state index in [1.807, 2.05) is 32.9 Å². The Labute approximate surface area is 183 Å². The van der Waals surface area contributed by atoms with Crippen molar-refractivity contribution in [2.45, 2.75) is 45.1 Å². The molecule has 164 valence electrons. The van der Waals surface area contributed by atoms with Crippen LogP contribution < -0.4 is 10.0 Å². The number of carbonyl (C=O) groups is 1. The number of sulfonamides is 1. The second kappa shape index (κ2) is 9.45. The van der Waals surface area contributed by atoms with Gasteiger partial charge in [-0.25, -0.2) is 13.4 Å². The monoisotopic (exact) mass is 441 g/mol. The molecule has 0 bridgehead atoms. The van der Waals surface area contributed by atoms with E-state index in [1.54, 1.807) is 37.4 Å². The average Bonchev–Trinajstić information content (AvgIpc) is 3.14. The molecule has 8 heteroatoms. The molecule has 0 fully saturated rings. The fourth-order valence-electron chi connectivity index (χ4n) is 3.09. The molecule has 3 aromatic rings. The molecule has 1 aromatic heterocycles. The Bertz CT molecular complexity index is 1130. The van der Waals surface area contributed by atoms with Crippen molar-refractivity contribution in [3.05, 3.63) is 66.2 Å². The van der Waals surface area contributed by atoms with Crippen molar-refractivity contribution in [3.8, 4) is 11.3 Å². The van der Waals surface area contributed by atoms with E-state index >= 15 is 0 Å². The zero-order valence-electron chi connectivity index (χ0n) is 18.0. The van der Waals surface area contributed by atoms with Gasteiger partial charge in [0.05, 0.1) is 11.1 Å². The topological polar surface area (TPSA) is 101 Å². The molecule has 1 heterocycles. The Morgan fingerprint density at radius 1 is 1.03 bits per heavy atom. The summed E-state index contributed by atoms with van der Waals surface area (Å²) < 4.78 is 33.6. The van der Waals surface area contributed by atoms with Gasteiger partial charge >= 0.3 is 0 Å². The van der Waals surface area contributed by atoms with Gasteiger partial charge in [0, 0.05) is 18.2 Å². The third-order valence-corrected chi connectivity index (χ3v) is 6.20. The van der Waals surface area contributed by atoms with Crippen molar-refractivity contribution >= 4 is 21.6 Å². The van der Waals surface area contributed by atoms with Crippen molar-refractivity contribution in [1.29, 1.82) is 0 Å². The zero-order chi connectivity index (χ0) is 22.6. The molecule has 31 heavy (non-hydrogen) atoms. The quantitative estimate of drug-likeness (QED) is 0.543. The number of benzene rings is 2. The molecule has 1 amide bonds. The third kappa shape index (κ3) is 6.02. The summed E-state index contributed by atoms with van der Waals surface area (Å²) in [6, 6.07) is 12.7. The first-order valence-electron chi connectivity index (χ1n) is 10.1. The maximum atomic E-state index is 12.9. The van der Waals surface area contributed by atoms with Crippen molar-refractivity contribution in [3.63, 3.8) is 0 Å². The molecule has 7 nitrogen and oxygen atoms in total. The normalized spacial score (nSPS) is 12.7. The predicted octanol–water partition coefficient (Wildman–Crippen LogP) is 4.29. The molecule has 2 N–H and O–H groups in total. The number of aryl methyl sites for hydroxylation is 2. The van der Waals surface area contributed by atoms with Crippen LogP contribution in [-0.4, -0.2) is 25.4 Å². The van der Waals surface area contributed by atoms with Crippen LogP contribution in [-0.2, 0) is 14.8 Å². The van der Waals surface area contributed by atoms with E-state index in [-0.39, 0.29) is 10.8 Å². The van der Waals surface area contributed by atoms with Crippen molar-refractivity contribution < 1.29 is 17.6 Å². The number of carbonyl (C=O) groups excluding carboxylic acids is 1. The highest BCUT2D eigenvalue weighted by Gasteiger charge is 2.26. The second-order valence-electron chi connectivity index (χ2n) is 7.93. The van der Waals surface area contributed by atoms with E-state index in [4.69, 9.17) is 4.42 Å². The highest BCUT2D eigenvalue weighted by atomic mass is 32.2. The van der Waals surface area contributed by atoms with Gasteiger partial charge in [0.15, 0.2) is 11.7 Å². The van der Waals surface area contributed by atoms with Crippen LogP contribution in [0.5, 0.6) is 0 Å². The average molecular weight is 442 g/mol. The summed E-state index contributed by atoms with van der Waals surface area (Å²) in [5.74, 6) is 0.921. The fraction of sp³-hybridized carbons (Fsp3) is 0.304. The lowest BCUT2D eigenvalue weighted by atomic mass is 10.0. The van der Waals surface area contributed by atoms with E-state index in [0.29, 0.717) is 23.8 Å². The Morgan fingerprint density at radius 2 is 1.68 bits per heavy atom. The molecule has 0 saturated carbocycles. The van der Waals surface area contributed by atoms with Gasteiger partial charge in [0.1, 0.15) is 6.04 Å². The first-order valence-corrected chi connectivity index (χ1v) is 11.5. The Morgan fingerprint density at radius 3 is 2.23 bits per heavy atom. The van der Waals surface area contributed by atoms with Crippen molar-refractivity contribution in [1.82, 2.24) is 9.71 Å². The number of hydrogen-bond acceptors (Lipinski definition) is 5. The highest BCUT2D eigenvalue weighted by Crippen LogP contribution is 2.22. The van der Waals surface area contributed by atoms with Crippen LogP contribution in [0.3, 0.4) is 0 Å². The van der Waals surface area contributed by atoms with E-state index < -0.39 is 22.0 Å². The molecular formula is C23H27N3O4S. The van der Waals surface area contributed by atoms with E-state index in [0.717, 1.165) is 11.1 Å². The molecule has 0 aliphatic rings. The van der Waals surface area contributed by atoms with Gasteiger partial charge in [-0.3, -0.25) is 4.79 Å². The molecule has 0 aliphatic carbocycles. The number of amides is 1. The summed E-state index contributed by atoms with van der Waals surface area (Å²) in [6.07, 6.45) is 2.01. The van der Waals surface area contributed by atoms with Crippen LogP contribution >= 0.6 is 0 Å². The lowest BCUT2D eigenvalue weighted by Gasteiger charge is -2.20. The van der Waals surface area contributed by atoms with Gasteiger partial charge < -0.3 is 9.73 Å². The van der Waals surface area contributed by atoms with Crippen molar-refractivity contribution in [2.24, 2.45) is 5.92 Å². The summed E-state index contributed by atoms with van der Waals surface area (Å²) in [5.41, 5.74) is 2.35. The van der Waals surface area contributed by atoms with Gasteiger partial charge in [0.25, 0.3) is 0 Å². The summed E-state index contributed by atoms with van der Waals surface area (Å²) in [6.45, 7) is 7.53. The standard InChI is InChI=1S/C23H27N3O4S/c1-15(2)13-21(26-31(28,29)20-11-5-16(3)6-12-20)23(27)25-19-9-7-18(8-10-19)22-14-24-17(4)30-22/h5-12,14-15,21,26H,13H2,1-4H3,(H,25,27). The van der Waals surface area contributed by atoms with Gasteiger partial charge in [0.2, 0.25) is 15.9 Å². The van der Waals surface area contributed by atoms with Crippen LogP contribution in [0.1, 0.15) is 31.7 Å². The number of oxazole rings is 1. The molecule has 0 radical (unpaired) electrons. The molecule has 0 aliphatic heterocycles. The van der Waals surface area contributed by atoms with Crippen LogP contribution in [0.15, 0.2) is 64.0 Å². The van der Waals surface area contributed by atoms with Gasteiger partial charge in [-0.1, -0.05) is 31.5 Å². The van der Waals surface area contributed by atoms with Crippen molar-refractivity contribution in [2.75, 3.05) is 5.32 Å². The van der Waals surface area contributed by atoms with E-state index in [2.05, 4.69) is 15.0 Å². The number of nitrogens with zero attached hydrogens (tertiary/aromatic N) is 1. The lowest BCUT2D eigenvalue weighted by molar-refractivity contribution is -0.118. The number of nitrogens with one attached hydrogen (secondary N) is 2. The molecule has 1 unspecified atom stereocenters. The second-order valence-corrected chi connectivity index (χ2v) is 9.64. The molecular weight excluding hydrogens is 414 g/mol. The first kappa shape index (κ1) is 22.7.